The predicted molar refractivity (Wildman–Crippen MR) is 112 cm³/mol. The van der Waals surface area contributed by atoms with E-state index in [9.17, 15) is 18.8 Å². The number of fused-ring (bicyclic) bond motifs is 7. The van der Waals surface area contributed by atoms with Gasteiger partial charge in [0.15, 0.2) is 0 Å². The van der Waals surface area contributed by atoms with E-state index in [1.165, 1.54) is 29.2 Å². The summed E-state index contributed by atoms with van der Waals surface area (Å²) in [4.78, 5) is 44.3. The Morgan fingerprint density at radius 3 is 2.52 bits per heavy atom. The van der Waals surface area contributed by atoms with Crippen molar-refractivity contribution in [2.45, 2.75) is 38.3 Å². The van der Waals surface area contributed by atoms with Gasteiger partial charge in [-0.25, -0.2) is 9.29 Å². The number of halogens is 1. The van der Waals surface area contributed by atoms with Gasteiger partial charge >= 0.3 is 0 Å². The molecule has 3 fully saturated rings. The van der Waals surface area contributed by atoms with Crippen LogP contribution in [0.1, 0.15) is 29.5 Å². The van der Waals surface area contributed by atoms with Crippen LogP contribution in [0, 0.1) is 31.5 Å². The van der Waals surface area contributed by atoms with Crippen molar-refractivity contribution in [1.82, 2.24) is 4.90 Å². The van der Waals surface area contributed by atoms with Crippen molar-refractivity contribution in [2.24, 2.45) is 11.8 Å². The zero-order valence-corrected chi connectivity index (χ0v) is 17.3. The van der Waals surface area contributed by atoms with Crippen molar-refractivity contribution in [1.29, 1.82) is 0 Å². The summed E-state index contributed by atoms with van der Waals surface area (Å²) in [5.41, 5.74) is 2.77. The summed E-state index contributed by atoms with van der Waals surface area (Å²) in [6, 6.07) is 9.13. The quantitative estimate of drug-likeness (QED) is 0.722. The maximum atomic E-state index is 13.8. The molecule has 4 atom stereocenters. The maximum absolute atomic E-state index is 13.8. The Hall–Kier alpha value is -3.06. The van der Waals surface area contributed by atoms with Gasteiger partial charge in [0.25, 0.3) is 0 Å². The summed E-state index contributed by atoms with van der Waals surface area (Å²) in [6.07, 6.45) is 1.65. The number of rotatable bonds is 1. The molecule has 6 rings (SSSR count). The van der Waals surface area contributed by atoms with Crippen LogP contribution in [0.5, 0.6) is 0 Å². The minimum absolute atomic E-state index is 0.162. The van der Waals surface area contributed by atoms with E-state index in [2.05, 4.69) is 10.2 Å². The summed E-state index contributed by atoms with van der Waals surface area (Å²) < 4.78 is 13.5. The van der Waals surface area contributed by atoms with E-state index in [0.29, 0.717) is 12.2 Å². The molecule has 3 saturated heterocycles. The number of hydrogen-bond donors (Lipinski definition) is 1. The predicted octanol–water partition coefficient (Wildman–Crippen LogP) is 2.87. The summed E-state index contributed by atoms with van der Waals surface area (Å²) in [7, 11) is 0. The lowest BCUT2D eigenvalue weighted by Gasteiger charge is -2.36. The van der Waals surface area contributed by atoms with E-state index < -0.39 is 23.2 Å². The van der Waals surface area contributed by atoms with Gasteiger partial charge in [-0.05, 0) is 68.6 Å². The summed E-state index contributed by atoms with van der Waals surface area (Å²) in [5.74, 6) is -2.70. The van der Waals surface area contributed by atoms with Gasteiger partial charge in [-0.3, -0.25) is 19.3 Å². The first-order chi connectivity index (χ1) is 14.9. The SMILES string of the molecule is Cc1ccc2c(c1C)NC(=O)[C@@]21[C@@H]2C(=O)N(c3ccc(F)cc3)C(=O)[C@@H]2[C@@H]2CCCN21. The fourth-order valence-corrected chi connectivity index (χ4v) is 6.36. The van der Waals surface area contributed by atoms with Crippen molar-refractivity contribution in [2.75, 3.05) is 16.8 Å². The average molecular weight is 419 g/mol. The number of carbonyl (C=O) groups excluding carboxylic acids is 3. The Bertz CT molecular complexity index is 1180. The van der Waals surface area contributed by atoms with Gasteiger partial charge in [-0.15, -0.1) is 0 Å². The van der Waals surface area contributed by atoms with Crippen LogP contribution in [0.2, 0.25) is 0 Å². The lowest BCUT2D eigenvalue weighted by atomic mass is 9.75. The molecule has 2 aromatic rings. The molecule has 4 aliphatic heterocycles. The first-order valence-corrected chi connectivity index (χ1v) is 10.7. The highest BCUT2D eigenvalue weighted by Gasteiger charge is 2.74. The number of amides is 3. The molecule has 4 heterocycles. The first-order valence-electron chi connectivity index (χ1n) is 10.7. The van der Waals surface area contributed by atoms with E-state index in [1.807, 2.05) is 26.0 Å². The van der Waals surface area contributed by atoms with Crippen LogP contribution in [0.25, 0.3) is 0 Å². The molecule has 0 radical (unpaired) electrons. The molecule has 0 aromatic heterocycles. The van der Waals surface area contributed by atoms with Gasteiger partial charge in [0, 0.05) is 17.3 Å². The highest BCUT2D eigenvalue weighted by molar-refractivity contribution is 6.26. The lowest BCUT2D eigenvalue weighted by Crippen LogP contribution is -2.54. The third-order valence-corrected chi connectivity index (χ3v) is 7.78. The third kappa shape index (κ3) is 2.07. The van der Waals surface area contributed by atoms with Gasteiger partial charge in [0.05, 0.1) is 17.5 Å². The van der Waals surface area contributed by atoms with Crippen LogP contribution in [-0.4, -0.2) is 35.2 Å². The zero-order chi connectivity index (χ0) is 21.7. The second-order valence-corrected chi connectivity index (χ2v) is 9.05. The molecular formula is C24H22FN3O3. The molecule has 1 N–H and O–H groups in total. The van der Waals surface area contributed by atoms with Crippen LogP contribution < -0.4 is 10.2 Å². The molecular weight excluding hydrogens is 397 g/mol. The summed E-state index contributed by atoms with van der Waals surface area (Å²) >= 11 is 0. The second-order valence-electron chi connectivity index (χ2n) is 9.05. The fourth-order valence-electron chi connectivity index (χ4n) is 6.36. The van der Waals surface area contributed by atoms with Gasteiger partial charge in [0.2, 0.25) is 17.7 Å². The highest BCUT2D eigenvalue weighted by Crippen LogP contribution is 2.61. The molecule has 158 valence electrons. The molecule has 31 heavy (non-hydrogen) atoms. The monoisotopic (exact) mass is 419 g/mol. The van der Waals surface area contributed by atoms with Gasteiger partial charge in [-0.1, -0.05) is 12.1 Å². The van der Waals surface area contributed by atoms with E-state index in [-0.39, 0.29) is 23.8 Å². The number of benzene rings is 2. The van der Waals surface area contributed by atoms with Gasteiger partial charge in [-0.2, -0.15) is 0 Å². The molecule has 4 aliphatic rings. The van der Waals surface area contributed by atoms with Crippen LogP contribution >= 0.6 is 0 Å². The number of nitrogens with zero attached hydrogens (tertiary/aromatic N) is 2. The Kier molecular flexibility index (Phi) is 3.62. The van der Waals surface area contributed by atoms with Crippen LogP contribution in [0.15, 0.2) is 36.4 Å². The maximum Gasteiger partial charge on any atom is 0.250 e. The number of nitrogens with one attached hydrogen (secondary N) is 1. The van der Waals surface area contributed by atoms with Gasteiger partial charge in [0.1, 0.15) is 11.4 Å². The van der Waals surface area contributed by atoms with Crippen molar-refractivity contribution in [3.8, 4) is 0 Å². The van der Waals surface area contributed by atoms with E-state index in [1.54, 1.807) is 0 Å². The molecule has 3 amide bonds. The van der Waals surface area contributed by atoms with Crippen LogP contribution in [-0.2, 0) is 19.9 Å². The Morgan fingerprint density at radius 1 is 1.03 bits per heavy atom. The highest BCUT2D eigenvalue weighted by atomic mass is 19.1. The molecule has 0 unspecified atom stereocenters. The summed E-state index contributed by atoms with van der Waals surface area (Å²) in [5, 5.41) is 3.05. The molecule has 6 nitrogen and oxygen atoms in total. The minimum Gasteiger partial charge on any atom is -0.324 e. The molecule has 0 aliphatic carbocycles. The van der Waals surface area contributed by atoms with E-state index in [0.717, 1.165) is 35.2 Å². The number of anilines is 2. The third-order valence-electron chi connectivity index (χ3n) is 7.78. The van der Waals surface area contributed by atoms with Crippen molar-refractivity contribution in [3.05, 3.63) is 58.9 Å². The Balaban J connectivity index is 1.56. The van der Waals surface area contributed by atoms with E-state index >= 15 is 0 Å². The molecule has 2 aromatic carbocycles. The zero-order valence-electron chi connectivity index (χ0n) is 17.3. The standard InChI is InChI=1S/C24H22FN3O3/c1-12-5-10-16-20(13(12)2)26-23(31)24(16)19-18(17-4-3-11-27(17)24)21(29)28(22(19)30)15-8-6-14(25)7-9-15/h5-10,17-19H,3-4,11H2,1-2H3,(H,26,31)/t17-,18+,19-,24-/m0/s1. The minimum atomic E-state index is -1.18. The lowest BCUT2D eigenvalue weighted by molar-refractivity contribution is -0.135. The van der Waals surface area contributed by atoms with Crippen molar-refractivity contribution in [3.63, 3.8) is 0 Å². The smallest absolute Gasteiger partial charge is 0.250 e. The number of hydrogen-bond acceptors (Lipinski definition) is 4. The fraction of sp³-hybridized carbons (Fsp3) is 0.375. The topological polar surface area (TPSA) is 69.7 Å². The summed E-state index contributed by atoms with van der Waals surface area (Å²) in [6.45, 7) is 4.63. The molecule has 0 bridgehead atoms. The van der Waals surface area contributed by atoms with Gasteiger partial charge < -0.3 is 5.32 Å². The number of carbonyl (C=O) groups is 3. The van der Waals surface area contributed by atoms with Crippen molar-refractivity contribution >= 4 is 29.1 Å². The Labute approximate surface area is 179 Å². The van der Waals surface area contributed by atoms with Crippen LogP contribution in [0.3, 0.4) is 0 Å². The molecule has 0 saturated carbocycles. The average Bonchev–Trinajstić information content (AvgIpc) is 3.45. The number of imide groups is 1. The van der Waals surface area contributed by atoms with E-state index in [4.69, 9.17) is 0 Å². The normalized spacial score (nSPS) is 31.4. The first kappa shape index (κ1) is 18.7. The Morgan fingerprint density at radius 2 is 1.77 bits per heavy atom. The largest absolute Gasteiger partial charge is 0.324 e. The molecule has 7 heteroatoms. The van der Waals surface area contributed by atoms with Crippen molar-refractivity contribution < 1.29 is 18.8 Å². The number of aryl methyl sites for hydroxylation is 1. The second kappa shape index (κ2) is 6.01. The van der Waals surface area contributed by atoms with Crippen LogP contribution in [0.4, 0.5) is 15.8 Å². The molecule has 1 spiro atoms.